The van der Waals surface area contributed by atoms with Gasteiger partial charge in [0.25, 0.3) is 0 Å². The van der Waals surface area contributed by atoms with E-state index in [1.54, 1.807) is 4.57 Å². The third kappa shape index (κ3) is 9.29. The number of alkyl halides is 3. The number of halogens is 5. The van der Waals surface area contributed by atoms with Gasteiger partial charge in [-0.1, -0.05) is 19.6 Å². The topological polar surface area (TPSA) is 164 Å². The van der Waals surface area contributed by atoms with E-state index in [1.165, 1.54) is 42.7 Å². The molecule has 1 saturated heterocycles. The molecule has 0 spiro atoms. The number of hydrogen-bond donors (Lipinski definition) is 2. The van der Waals surface area contributed by atoms with Gasteiger partial charge in [-0.15, -0.1) is 0 Å². The molecule has 0 unspecified atom stereocenters. The van der Waals surface area contributed by atoms with Crippen LogP contribution in [0.3, 0.4) is 0 Å². The van der Waals surface area contributed by atoms with Crippen LogP contribution in [0.2, 0.25) is 25.7 Å². The molecule has 1 aliphatic heterocycles. The zero-order chi connectivity index (χ0) is 34.7. The number of benzene rings is 2. The maximum absolute atomic E-state index is 15.3. The Morgan fingerprint density at radius 1 is 1.12 bits per heavy atom. The molecular formula is C31H35F5N4O8Si. The van der Waals surface area contributed by atoms with Gasteiger partial charge in [-0.2, -0.15) is 13.2 Å². The molecule has 5 N–H and O–H groups in total. The summed E-state index contributed by atoms with van der Waals surface area (Å²) in [6.07, 6.45) is -2.84. The first-order valence-corrected chi connectivity index (χ1v) is 18.4. The third-order valence-corrected chi connectivity index (χ3v) is 9.01. The Morgan fingerprint density at radius 3 is 2.37 bits per heavy atom. The molecule has 0 bridgehead atoms. The Labute approximate surface area is 278 Å². The van der Waals surface area contributed by atoms with E-state index >= 15 is 8.78 Å². The fourth-order valence-electron chi connectivity index (χ4n) is 4.78. The molecule has 5 rings (SSSR count). The van der Waals surface area contributed by atoms with Gasteiger partial charge in [0, 0.05) is 56.9 Å². The molecule has 0 saturated carbocycles. The van der Waals surface area contributed by atoms with Crippen LogP contribution in [0.25, 0.3) is 11.0 Å². The van der Waals surface area contributed by atoms with Gasteiger partial charge in [0.1, 0.15) is 41.8 Å². The molecule has 49 heavy (non-hydrogen) atoms. The Morgan fingerprint density at radius 2 is 1.80 bits per heavy atom. The Balaban J connectivity index is 0.00000541. The zero-order valence-electron chi connectivity index (χ0n) is 26.7. The van der Waals surface area contributed by atoms with Crippen LogP contribution in [-0.2, 0) is 26.5 Å². The molecule has 1 fully saturated rings. The van der Waals surface area contributed by atoms with Crippen molar-refractivity contribution in [3.05, 3.63) is 77.3 Å². The molecule has 0 atom stereocenters. The number of nitrogens with zero attached hydrogens (tertiary/aromatic N) is 2. The van der Waals surface area contributed by atoms with Gasteiger partial charge in [-0.3, -0.25) is 5.32 Å². The first kappa shape index (κ1) is 37.6. The standard InChI is InChI=1S/C31H33F5N4O7Si.H2O/c1-48(2,3)11-10-43-18-40-14-22(30(15-44-16-30)45-17-31(34,35)36)26-25(8-9-37-28(26)40)47-27-23(32)12-20(13-24(27)33)38-29(41)46-21-6-4-19(39-42)5-7-21;/h4-9,12-14H,10-11,15-18,39H2,1-3H3,(H,38,41);1H2. The zero-order valence-corrected chi connectivity index (χ0v) is 27.7. The highest BCUT2D eigenvalue weighted by Crippen LogP contribution is 2.44. The Bertz CT molecular complexity index is 1740. The first-order chi connectivity index (χ1) is 22.7. The molecule has 3 heterocycles. The van der Waals surface area contributed by atoms with E-state index in [1.807, 2.05) is 0 Å². The minimum absolute atomic E-state index is 0. The van der Waals surface area contributed by atoms with Crippen molar-refractivity contribution < 1.29 is 61.4 Å². The lowest BCUT2D eigenvalue weighted by Crippen LogP contribution is -2.70. The van der Waals surface area contributed by atoms with Gasteiger partial charge in [0.15, 0.2) is 17.4 Å². The van der Waals surface area contributed by atoms with E-state index < -0.39 is 49.9 Å². The van der Waals surface area contributed by atoms with E-state index in [0.29, 0.717) is 17.8 Å². The fraction of sp³-hybridized carbons (Fsp3) is 0.355. The smallest absolute Gasteiger partial charge is 0.417 e. The van der Waals surface area contributed by atoms with E-state index in [9.17, 15) is 23.2 Å². The average molecular weight is 715 g/mol. The van der Waals surface area contributed by atoms with Gasteiger partial charge in [-0.25, -0.2) is 18.6 Å². The summed E-state index contributed by atoms with van der Waals surface area (Å²) in [4.78, 5) is 16.7. The molecule has 1 aliphatic rings. The molecule has 18 heteroatoms. The summed E-state index contributed by atoms with van der Waals surface area (Å²) in [6.45, 7) is 5.01. The van der Waals surface area contributed by atoms with Crippen LogP contribution in [0.5, 0.6) is 17.2 Å². The van der Waals surface area contributed by atoms with Gasteiger partial charge in [0.05, 0.1) is 24.3 Å². The highest BCUT2D eigenvalue weighted by atomic mass is 28.3. The fourth-order valence-corrected chi connectivity index (χ4v) is 5.54. The Kier molecular flexibility index (Phi) is 11.6. The van der Waals surface area contributed by atoms with Crippen molar-refractivity contribution in [3.63, 3.8) is 0 Å². The number of anilines is 1. The summed E-state index contributed by atoms with van der Waals surface area (Å²) in [7, 11) is -1.42. The van der Waals surface area contributed by atoms with Crippen molar-refractivity contribution in [1.29, 1.82) is 0 Å². The highest BCUT2D eigenvalue weighted by Gasteiger charge is 2.47. The summed E-state index contributed by atoms with van der Waals surface area (Å²) in [6, 6.07) is 9.36. The van der Waals surface area contributed by atoms with E-state index in [4.69, 9.17) is 23.7 Å². The van der Waals surface area contributed by atoms with Gasteiger partial charge < -0.3 is 44.4 Å². The largest absolute Gasteiger partial charge is 0.630 e. The molecule has 12 nitrogen and oxygen atoms in total. The van der Waals surface area contributed by atoms with Crippen molar-refractivity contribution in [1.82, 2.24) is 9.55 Å². The minimum Gasteiger partial charge on any atom is -0.630 e. The second-order valence-corrected chi connectivity index (χ2v) is 18.0. The maximum atomic E-state index is 15.3. The molecule has 0 aliphatic carbocycles. The SMILES string of the molecule is C[Si](C)(C)CCOCn1cc(C2(OCC(F)(F)F)COC2)c2c(Oc3c(F)cc(NC(=O)Oc4ccc([NH2+][O-])cc4)cc3F)ccnc21.O. The number of ether oxygens (including phenoxy) is 5. The summed E-state index contributed by atoms with van der Waals surface area (Å²) < 4.78 is 99.3. The van der Waals surface area contributed by atoms with E-state index in [0.717, 1.165) is 18.2 Å². The van der Waals surface area contributed by atoms with E-state index in [2.05, 4.69) is 29.9 Å². The van der Waals surface area contributed by atoms with Crippen LogP contribution < -0.4 is 20.3 Å². The van der Waals surface area contributed by atoms with Crippen molar-refractivity contribution in [2.45, 2.75) is 44.2 Å². The minimum atomic E-state index is -4.63. The van der Waals surface area contributed by atoms with Crippen LogP contribution in [0.15, 0.2) is 54.9 Å². The van der Waals surface area contributed by atoms with Gasteiger partial charge in [-0.05, 0) is 24.2 Å². The number of rotatable bonds is 13. The second kappa shape index (κ2) is 15.2. The molecular weight excluding hydrogens is 679 g/mol. The molecule has 2 aromatic heterocycles. The van der Waals surface area contributed by atoms with Crippen LogP contribution in [-0.4, -0.2) is 61.8 Å². The third-order valence-electron chi connectivity index (χ3n) is 7.30. The summed E-state index contributed by atoms with van der Waals surface area (Å²) >= 11 is 0. The highest BCUT2D eigenvalue weighted by molar-refractivity contribution is 6.76. The number of pyridine rings is 1. The monoisotopic (exact) mass is 714 g/mol. The normalized spacial score (nSPS) is 14.2. The van der Waals surface area contributed by atoms with Crippen molar-refractivity contribution in [2.75, 3.05) is 31.7 Å². The average Bonchev–Trinajstić information content (AvgIpc) is 3.35. The van der Waals surface area contributed by atoms with Gasteiger partial charge in [0.2, 0.25) is 0 Å². The van der Waals surface area contributed by atoms with Gasteiger partial charge >= 0.3 is 12.3 Å². The van der Waals surface area contributed by atoms with Crippen LogP contribution in [0.1, 0.15) is 5.56 Å². The van der Waals surface area contributed by atoms with E-state index in [-0.39, 0.29) is 59.2 Å². The quantitative estimate of drug-likeness (QED) is 0.0586. The Hall–Kier alpha value is -4.17. The number of nitrogens with one attached hydrogen (secondary N) is 1. The molecule has 4 aromatic rings. The number of nitrogens with two attached hydrogens (primary N) is 1. The number of carbonyl (C=O) groups excluding carboxylic acids is 1. The lowest BCUT2D eigenvalue weighted by molar-refractivity contribution is -0.497. The van der Waals surface area contributed by atoms with Crippen LogP contribution in [0.4, 0.5) is 38.1 Å². The van der Waals surface area contributed by atoms with Crippen molar-refractivity contribution in [2.24, 2.45) is 0 Å². The van der Waals surface area contributed by atoms with Crippen LogP contribution >= 0.6 is 0 Å². The lowest BCUT2D eigenvalue weighted by Gasteiger charge is -2.41. The summed E-state index contributed by atoms with van der Waals surface area (Å²) in [5.74, 6) is -3.27. The summed E-state index contributed by atoms with van der Waals surface area (Å²) in [5.41, 5.74) is -0.433. The number of fused-ring (bicyclic) bond motifs is 1. The second-order valence-electron chi connectivity index (χ2n) is 12.3. The molecule has 1 amide bonds. The number of carbonyl (C=O) groups is 1. The number of amides is 1. The predicted octanol–water partition coefficient (Wildman–Crippen LogP) is 5.70. The van der Waals surface area contributed by atoms with Crippen LogP contribution in [0, 0.1) is 16.8 Å². The molecule has 2 aromatic carbocycles. The maximum Gasteiger partial charge on any atom is 0.417 e. The lowest BCUT2D eigenvalue weighted by atomic mass is 9.91. The predicted molar refractivity (Wildman–Crippen MR) is 169 cm³/mol. The molecule has 0 radical (unpaired) electrons. The number of quaternary nitrogens is 1. The number of hydrogen-bond acceptors (Lipinski definition) is 8. The van der Waals surface area contributed by atoms with Crippen molar-refractivity contribution in [3.8, 4) is 17.2 Å². The summed E-state index contributed by atoms with van der Waals surface area (Å²) in [5, 5.41) is 13.2. The number of aromatic nitrogens is 2. The first-order valence-electron chi connectivity index (χ1n) is 14.7. The molecule has 266 valence electrons. The van der Waals surface area contributed by atoms with Crippen molar-refractivity contribution >= 4 is 36.6 Å².